The van der Waals surface area contributed by atoms with E-state index >= 15 is 0 Å². The van der Waals surface area contributed by atoms with Crippen LogP contribution in [0.2, 0.25) is 0 Å². The number of hydrogen-bond donors (Lipinski definition) is 0. The third-order valence-corrected chi connectivity index (χ3v) is 7.59. The van der Waals surface area contributed by atoms with Gasteiger partial charge in [-0.2, -0.15) is 4.31 Å². The topological polar surface area (TPSA) is 55.8 Å². The summed E-state index contributed by atoms with van der Waals surface area (Å²) in [6, 6.07) is 6.56. The fraction of sp³-hybridized carbons (Fsp3) is 0.600. The Hall–Kier alpha value is -0.760. The van der Waals surface area contributed by atoms with E-state index in [-0.39, 0.29) is 10.9 Å². The van der Waals surface area contributed by atoms with Crippen molar-refractivity contribution < 1.29 is 17.9 Å². The molecule has 2 saturated heterocycles. The summed E-state index contributed by atoms with van der Waals surface area (Å²) in [5.74, 6) is 1.62. The van der Waals surface area contributed by atoms with E-state index in [0.29, 0.717) is 23.7 Å². The Morgan fingerprint density at radius 2 is 2.00 bits per heavy atom. The van der Waals surface area contributed by atoms with Gasteiger partial charge in [-0.1, -0.05) is 0 Å². The third-order valence-electron chi connectivity index (χ3n) is 4.20. The van der Waals surface area contributed by atoms with Crippen LogP contribution in [0.4, 0.5) is 0 Å². The van der Waals surface area contributed by atoms with Gasteiger partial charge in [0.05, 0.1) is 18.1 Å². The number of nitrogens with zero attached hydrogens (tertiary/aromatic N) is 1. The van der Waals surface area contributed by atoms with E-state index in [1.807, 2.05) is 18.7 Å². The largest absolute Gasteiger partial charge is 0.497 e. The van der Waals surface area contributed by atoms with Gasteiger partial charge in [-0.15, -0.1) is 11.8 Å². The van der Waals surface area contributed by atoms with Gasteiger partial charge in [0.25, 0.3) is 0 Å². The monoisotopic (exact) mass is 343 g/mol. The van der Waals surface area contributed by atoms with E-state index in [1.165, 1.54) is 0 Å². The van der Waals surface area contributed by atoms with Gasteiger partial charge in [0.15, 0.2) is 0 Å². The van der Waals surface area contributed by atoms with Crippen LogP contribution >= 0.6 is 11.8 Å². The maximum atomic E-state index is 12.6. The van der Waals surface area contributed by atoms with Gasteiger partial charge in [-0.3, -0.25) is 0 Å². The third kappa shape index (κ3) is 2.87. The number of thioether (sulfide) groups is 1. The second-order valence-electron chi connectivity index (χ2n) is 5.72. The minimum absolute atomic E-state index is 0.0549. The molecule has 1 atom stereocenters. The summed E-state index contributed by atoms with van der Waals surface area (Å²) in [4.78, 5) is 0.326. The van der Waals surface area contributed by atoms with Crippen LogP contribution < -0.4 is 4.74 Å². The van der Waals surface area contributed by atoms with Crippen molar-refractivity contribution in [3.63, 3.8) is 0 Å². The van der Waals surface area contributed by atoms with Crippen LogP contribution in [0.1, 0.15) is 13.3 Å². The molecule has 0 aliphatic carbocycles. The van der Waals surface area contributed by atoms with Gasteiger partial charge in [0.2, 0.25) is 10.0 Å². The summed E-state index contributed by atoms with van der Waals surface area (Å²) in [7, 11) is -1.83. The Bertz CT molecular complexity index is 623. The van der Waals surface area contributed by atoms with Crippen LogP contribution in [-0.4, -0.2) is 56.1 Å². The molecule has 2 fully saturated rings. The molecule has 0 amide bonds. The second kappa shape index (κ2) is 6.03. The molecule has 3 rings (SSSR count). The van der Waals surface area contributed by atoms with Gasteiger partial charge < -0.3 is 9.47 Å². The van der Waals surface area contributed by atoms with Gasteiger partial charge in [-0.25, -0.2) is 8.42 Å². The predicted molar refractivity (Wildman–Crippen MR) is 87.0 cm³/mol. The van der Waals surface area contributed by atoms with Crippen molar-refractivity contribution in [3.05, 3.63) is 24.3 Å². The molecule has 1 unspecified atom stereocenters. The lowest BCUT2D eigenvalue weighted by Crippen LogP contribution is -2.60. The molecule has 2 aliphatic rings. The molecule has 1 aromatic carbocycles. The molecule has 0 bridgehead atoms. The molecule has 5 nitrogen and oxygen atoms in total. The van der Waals surface area contributed by atoms with E-state index in [2.05, 4.69) is 0 Å². The smallest absolute Gasteiger partial charge is 0.243 e. The van der Waals surface area contributed by atoms with Crippen molar-refractivity contribution in [2.24, 2.45) is 0 Å². The molecular formula is C15H21NO4S2. The summed E-state index contributed by atoms with van der Waals surface area (Å²) in [5.41, 5.74) is 0. The summed E-state index contributed by atoms with van der Waals surface area (Å²) in [6.07, 6.45) is 1.21. The minimum Gasteiger partial charge on any atom is -0.497 e. The number of benzene rings is 1. The zero-order valence-electron chi connectivity index (χ0n) is 12.8. The predicted octanol–water partition coefficient (Wildman–Crippen LogP) is 1.98. The SMILES string of the molecule is CCOC1CSC2(C1)CN(S(=O)(=O)c1ccc(OC)cc1)C2. The molecule has 1 spiro atoms. The summed E-state index contributed by atoms with van der Waals surface area (Å²) in [6.45, 7) is 3.87. The van der Waals surface area contributed by atoms with Crippen LogP contribution in [0.3, 0.4) is 0 Å². The zero-order valence-corrected chi connectivity index (χ0v) is 14.5. The van der Waals surface area contributed by atoms with E-state index < -0.39 is 10.0 Å². The molecule has 0 radical (unpaired) electrons. The highest BCUT2D eigenvalue weighted by Crippen LogP contribution is 2.47. The fourth-order valence-electron chi connectivity index (χ4n) is 3.03. The van der Waals surface area contributed by atoms with E-state index in [4.69, 9.17) is 9.47 Å². The number of sulfonamides is 1. The molecule has 0 aromatic heterocycles. The Balaban J connectivity index is 1.66. The first-order valence-corrected chi connectivity index (χ1v) is 9.81. The average Bonchev–Trinajstić information content (AvgIpc) is 2.91. The first kappa shape index (κ1) is 16.1. The normalized spacial score (nSPS) is 24.4. The number of hydrogen-bond acceptors (Lipinski definition) is 5. The summed E-state index contributed by atoms with van der Waals surface area (Å²) < 4.78 is 37.6. The maximum Gasteiger partial charge on any atom is 0.243 e. The maximum absolute atomic E-state index is 12.6. The van der Waals surface area contributed by atoms with Crippen molar-refractivity contribution >= 4 is 21.8 Å². The van der Waals surface area contributed by atoms with Crippen LogP contribution in [0, 0.1) is 0 Å². The highest BCUT2D eigenvalue weighted by Gasteiger charge is 2.53. The molecule has 22 heavy (non-hydrogen) atoms. The lowest BCUT2D eigenvalue weighted by Gasteiger charge is -2.46. The van der Waals surface area contributed by atoms with E-state index in [0.717, 1.165) is 18.8 Å². The molecule has 7 heteroatoms. The van der Waals surface area contributed by atoms with Gasteiger partial charge in [0, 0.05) is 30.2 Å². The number of rotatable bonds is 5. The number of methoxy groups -OCH3 is 1. The summed E-state index contributed by atoms with van der Waals surface area (Å²) in [5, 5.41) is 0. The highest BCUT2D eigenvalue weighted by molar-refractivity contribution is 8.01. The lowest BCUT2D eigenvalue weighted by molar-refractivity contribution is 0.0598. The Labute approximate surface area is 136 Å². The molecule has 122 valence electrons. The lowest BCUT2D eigenvalue weighted by atomic mass is 9.95. The van der Waals surface area contributed by atoms with Crippen molar-refractivity contribution in [1.29, 1.82) is 0 Å². The Kier molecular flexibility index (Phi) is 4.42. The van der Waals surface area contributed by atoms with Crippen molar-refractivity contribution in [2.45, 2.75) is 29.1 Å². The molecule has 2 aliphatic heterocycles. The van der Waals surface area contributed by atoms with Gasteiger partial charge in [-0.05, 0) is 37.6 Å². The standard InChI is InChI=1S/C15H21NO4S2/c1-3-20-13-8-15(21-9-13)10-16(11-15)22(17,18)14-6-4-12(19-2)5-7-14/h4-7,13H,3,8-11H2,1-2H3. The highest BCUT2D eigenvalue weighted by atomic mass is 32.2. The van der Waals surface area contributed by atoms with Crippen molar-refractivity contribution in [1.82, 2.24) is 4.31 Å². The molecule has 2 heterocycles. The quantitative estimate of drug-likeness (QED) is 0.818. The molecule has 0 saturated carbocycles. The summed E-state index contributed by atoms with van der Waals surface area (Å²) >= 11 is 1.85. The van der Waals surface area contributed by atoms with Gasteiger partial charge in [0.1, 0.15) is 5.75 Å². The Morgan fingerprint density at radius 3 is 2.59 bits per heavy atom. The van der Waals surface area contributed by atoms with Crippen LogP contribution in [0.5, 0.6) is 5.75 Å². The van der Waals surface area contributed by atoms with Crippen LogP contribution in [0.15, 0.2) is 29.2 Å². The van der Waals surface area contributed by atoms with Gasteiger partial charge >= 0.3 is 0 Å². The number of ether oxygens (including phenoxy) is 2. The zero-order chi connectivity index (χ0) is 15.8. The van der Waals surface area contributed by atoms with Crippen LogP contribution in [-0.2, 0) is 14.8 Å². The molecular weight excluding hydrogens is 322 g/mol. The Morgan fingerprint density at radius 1 is 1.32 bits per heavy atom. The molecule has 0 N–H and O–H groups in total. The second-order valence-corrected chi connectivity index (χ2v) is 9.15. The first-order valence-electron chi connectivity index (χ1n) is 7.39. The molecule has 1 aromatic rings. The van der Waals surface area contributed by atoms with E-state index in [9.17, 15) is 8.42 Å². The van der Waals surface area contributed by atoms with Crippen molar-refractivity contribution in [3.8, 4) is 5.75 Å². The van der Waals surface area contributed by atoms with E-state index in [1.54, 1.807) is 35.7 Å². The average molecular weight is 343 g/mol. The fourth-order valence-corrected chi connectivity index (χ4v) is 6.36. The minimum atomic E-state index is -3.40. The van der Waals surface area contributed by atoms with Crippen molar-refractivity contribution in [2.75, 3.05) is 32.6 Å². The van der Waals surface area contributed by atoms with Crippen LogP contribution in [0.25, 0.3) is 0 Å². The first-order chi connectivity index (χ1) is 10.5.